The molecular weight excluding hydrogens is 389 g/mol. The van der Waals surface area contributed by atoms with E-state index in [1.807, 2.05) is 37.3 Å². The molecule has 1 aromatic rings. The van der Waals surface area contributed by atoms with Crippen LogP contribution in [-0.2, 0) is 25.2 Å². The fourth-order valence-electron chi connectivity index (χ4n) is 5.64. The number of rotatable bonds is 2. The number of alkyl halides is 3. The van der Waals surface area contributed by atoms with Crippen molar-refractivity contribution >= 4 is 22.6 Å². The fourth-order valence-corrected chi connectivity index (χ4v) is 9.18. The third kappa shape index (κ3) is 2.72. The summed E-state index contributed by atoms with van der Waals surface area (Å²) in [5.74, 6) is -1.22. The van der Waals surface area contributed by atoms with E-state index in [-0.39, 0.29) is 18.1 Å². The summed E-state index contributed by atoms with van der Waals surface area (Å²) in [7, 11) is -0.488. The van der Waals surface area contributed by atoms with Crippen LogP contribution in [0.3, 0.4) is 0 Å². The Kier molecular flexibility index (Phi) is 4.42. The number of carbonyl (C=O) groups is 2. The van der Waals surface area contributed by atoms with Crippen LogP contribution in [0.15, 0.2) is 35.2 Å². The van der Waals surface area contributed by atoms with Gasteiger partial charge in [-0.25, -0.2) is 4.79 Å². The van der Waals surface area contributed by atoms with Gasteiger partial charge in [0.15, 0.2) is 15.2 Å². The summed E-state index contributed by atoms with van der Waals surface area (Å²) in [4.78, 5) is 25.9. The first-order chi connectivity index (χ1) is 13.0. The minimum atomic E-state index is -5.05. The number of benzene rings is 1. The van der Waals surface area contributed by atoms with Gasteiger partial charge in [-0.15, -0.1) is 0 Å². The van der Waals surface area contributed by atoms with Crippen molar-refractivity contribution in [3.05, 3.63) is 30.3 Å². The van der Waals surface area contributed by atoms with E-state index in [4.69, 9.17) is 4.74 Å². The molecule has 2 aliphatic heterocycles. The van der Waals surface area contributed by atoms with Crippen LogP contribution in [0.5, 0.6) is 0 Å². The minimum Gasteiger partial charge on any atom is -0.447 e. The van der Waals surface area contributed by atoms with Gasteiger partial charge in [-0.1, -0.05) is 18.2 Å². The molecule has 0 amide bonds. The summed E-state index contributed by atoms with van der Waals surface area (Å²) in [5.41, 5.74) is -2.02. The molecule has 1 aromatic carbocycles. The topological polar surface area (TPSA) is 43.4 Å². The van der Waals surface area contributed by atoms with Crippen LogP contribution in [0.1, 0.15) is 46.0 Å². The smallest absolute Gasteiger partial charge is 0.447 e. The average Bonchev–Trinajstić information content (AvgIpc) is 2.62. The highest BCUT2D eigenvalue weighted by atomic mass is 32.2. The monoisotopic (exact) mass is 413 g/mol. The molecule has 5 rings (SSSR count). The second-order valence-electron chi connectivity index (χ2n) is 8.75. The van der Waals surface area contributed by atoms with Crippen LogP contribution in [-0.4, -0.2) is 34.0 Å². The summed E-state index contributed by atoms with van der Waals surface area (Å²) in [6, 6.07) is 9.66. The maximum atomic E-state index is 13.1. The molecule has 28 heavy (non-hydrogen) atoms. The molecule has 2 saturated carbocycles. The van der Waals surface area contributed by atoms with Crippen molar-refractivity contribution in [3.8, 4) is 0 Å². The number of hydrogen-bond acceptors (Lipinski definition) is 3. The van der Waals surface area contributed by atoms with Gasteiger partial charge in [-0.3, -0.25) is 4.79 Å². The van der Waals surface area contributed by atoms with Crippen LogP contribution in [0.25, 0.3) is 0 Å². The molecule has 2 aliphatic carbocycles. The van der Waals surface area contributed by atoms with Crippen LogP contribution >= 0.6 is 0 Å². The van der Waals surface area contributed by atoms with E-state index in [1.165, 1.54) is 0 Å². The summed E-state index contributed by atoms with van der Waals surface area (Å²) in [6.45, 7) is 3.56. The molecule has 0 aromatic heterocycles. The van der Waals surface area contributed by atoms with Crippen molar-refractivity contribution in [1.29, 1.82) is 0 Å². The third-order valence-corrected chi connectivity index (χ3v) is 10.6. The Labute approximate surface area is 165 Å². The molecule has 7 heteroatoms. The Hall–Kier alpha value is -1.50. The van der Waals surface area contributed by atoms with E-state index < -0.39 is 38.8 Å². The van der Waals surface area contributed by atoms with Crippen molar-refractivity contribution in [1.82, 2.24) is 0 Å². The molecule has 152 valence electrons. The Balaban J connectivity index is 1.82. The van der Waals surface area contributed by atoms with Crippen molar-refractivity contribution < 1.29 is 27.5 Å². The maximum absolute atomic E-state index is 13.1. The standard InChI is InChI=1S/C21H24F3O3S/c1-18(27-17(26)21(22,23)24)12-20-13-28(15-8-4-3-5-9-15)19(18,2)11-14(20)7-6-10-16(20)25/h3-5,8-9,14H,6-7,10-13H2,1-2H3/q+1/t14-,18+,19+,20+,28?/m1/s1. The highest BCUT2D eigenvalue weighted by molar-refractivity contribution is 7.98. The number of Topliss-reactive ketones (excluding diaryl/α,β-unsaturated/α-hetero) is 1. The molecule has 2 saturated heterocycles. The van der Waals surface area contributed by atoms with Crippen LogP contribution < -0.4 is 0 Å². The van der Waals surface area contributed by atoms with Gasteiger partial charge in [0.2, 0.25) is 0 Å². The van der Waals surface area contributed by atoms with Gasteiger partial charge in [-0.05, 0) is 44.7 Å². The zero-order valence-electron chi connectivity index (χ0n) is 16.0. The molecule has 0 radical (unpaired) electrons. The quantitative estimate of drug-likeness (QED) is 0.532. The van der Waals surface area contributed by atoms with Crippen molar-refractivity contribution in [3.63, 3.8) is 0 Å². The number of carbonyl (C=O) groups excluding carboxylic acids is 2. The first kappa shape index (κ1) is 19.8. The predicted octanol–water partition coefficient (Wildman–Crippen LogP) is 4.45. The Morgan fingerprint density at radius 2 is 1.89 bits per heavy atom. The van der Waals surface area contributed by atoms with Crippen LogP contribution in [0.4, 0.5) is 13.2 Å². The predicted molar refractivity (Wildman–Crippen MR) is 99.9 cm³/mol. The van der Waals surface area contributed by atoms with E-state index in [9.17, 15) is 22.8 Å². The Morgan fingerprint density at radius 1 is 1.21 bits per heavy atom. The summed E-state index contributed by atoms with van der Waals surface area (Å²) < 4.78 is 43.7. The lowest BCUT2D eigenvalue weighted by Gasteiger charge is -2.62. The van der Waals surface area contributed by atoms with Gasteiger partial charge < -0.3 is 4.74 Å². The number of ketones is 1. The summed E-state index contributed by atoms with van der Waals surface area (Å²) in [6.07, 6.45) is -2.04. The zero-order valence-corrected chi connectivity index (χ0v) is 16.8. The minimum absolute atomic E-state index is 0.133. The van der Waals surface area contributed by atoms with Crippen molar-refractivity contribution in [2.75, 3.05) is 5.75 Å². The van der Waals surface area contributed by atoms with Crippen molar-refractivity contribution in [2.45, 2.75) is 67.4 Å². The van der Waals surface area contributed by atoms with E-state index in [0.717, 1.165) is 17.7 Å². The lowest BCUT2D eigenvalue weighted by atomic mass is 9.53. The number of esters is 1. The Bertz CT molecular complexity index is 811. The fraction of sp³-hybridized carbons (Fsp3) is 0.619. The number of fused-ring (bicyclic) bond motifs is 2. The van der Waals surface area contributed by atoms with E-state index in [2.05, 4.69) is 0 Å². The summed E-state index contributed by atoms with van der Waals surface area (Å²) >= 11 is 0. The van der Waals surface area contributed by atoms with Gasteiger partial charge in [0, 0.05) is 30.2 Å². The number of hydrogen-bond donors (Lipinski definition) is 0. The molecule has 2 heterocycles. The van der Waals surface area contributed by atoms with Gasteiger partial charge in [0.05, 0.1) is 5.41 Å². The SMILES string of the molecule is C[C@]1(OC(=O)C(F)(F)F)C[C@]23C[S+](c4ccccc4)[C@@]1(C)C[C@H]2CCCC3=O. The molecule has 1 unspecified atom stereocenters. The van der Waals surface area contributed by atoms with Crippen LogP contribution in [0, 0.1) is 11.3 Å². The average molecular weight is 413 g/mol. The summed E-state index contributed by atoms with van der Waals surface area (Å²) in [5, 5.41) is 0. The molecule has 4 fully saturated rings. The number of ether oxygens (including phenoxy) is 1. The van der Waals surface area contributed by atoms with Gasteiger partial charge in [0.1, 0.15) is 11.5 Å². The van der Waals surface area contributed by atoms with Crippen molar-refractivity contribution in [2.24, 2.45) is 11.3 Å². The van der Waals surface area contributed by atoms with Crippen LogP contribution in [0.2, 0.25) is 0 Å². The number of halogens is 3. The highest BCUT2D eigenvalue weighted by Crippen LogP contribution is 2.65. The maximum Gasteiger partial charge on any atom is 0.490 e. The van der Waals surface area contributed by atoms with E-state index >= 15 is 0 Å². The van der Waals surface area contributed by atoms with E-state index in [0.29, 0.717) is 18.6 Å². The zero-order chi connectivity index (χ0) is 20.4. The lowest BCUT2D eigenvalue weighted by Crippen LogP contribution is -2.74. The lowest BCUT2D eigenvalue weighted by molar-refractivity contribution is -0.224. The van der Waals surface area contributed by atoms with Gasteiger partial charge in [-0.2, -0.15) is 13.2 Å². The molecule has 2 bridgehead atoms. The first-order valence-electron chi connectivity index (χ1n) is 9.61. The Morgan fingerprint density at radius 3 is 2.54 bits per heavy atom. The second-order valence-corrected chi connectivity index (χ2v) is 11.2. The van der Waals surface area contributed by atoms with E-state index in [1.54, 1.807) is 6.92 Å². The van der Waals surface area contributed by atoms with Gasteiger partial charge in [0.25, 0.3) is 0 Å². The second kappa shape index (κ2) is 6.25. The molecule has 0 N–H and O–H groups in total. The molecule has 5 atom stereocenters. The molecule has 1 spiro atoms. The normalized spacial score (nSPS) is 40.1. The largest absolute Gasteiger partial charge is 0.490 e. The van der Waals surface area contributed by atoms with Gasteiger partial charge >= 0.3 is 12.1 Å². The molecule has 3 nitrogen and oxygen atoms in total. The molecule has 4 aliphatic rings. The third-order valence-electron chi connectivity index (χ3n) is 7.22. The highest BCUT2D eigenvalue weighted by Gasteiger charge is 2.77. The first-order valence-corrected chi connectivity index (χ1v) is 11.0. The molecular formula is C21H24F3O3S+.